The van der Waals surface area contributed by atoms with E-state index in [4.69, 9.17) is 22.6 Å². The fraction of sp³-hybridized carbons (Fsp3) is 0.0690. The molecule has 3 aromatic heterocycles. The maximum atomic E-state index is 9.18. The van der Waals surface area contributed by atoms with E-state index in [1.54, 1.807) is 33.4 Å². The summed E-state index contributed by atoms with van der Waals surface area (Å²) in [4.78, 5) is 4.83. The van der Waals surface area contributed by atoms with Crippen molar-refractivity contribution in [3.05, 3.63) is 206 Å². The first-order valence-electron chi connectivity index (χ1n) is 26.2. The molecular formula is C58H39BN4O2Pt-2. The number of pyridine rings is 1. The van der Waals surface area contributed by atoms with Crippen molar-refractivity contribution in [2.75, 3.05) is 0 Å². The molecule has 0 radical (unpaired) electrons. The quantitative estimate of drug-likeness (QED) is 0.0947. The third-order valence-electron chi connectivity index (χ3n) is 12.4. The molecular weight excluding hydrogens is 991 g/mol. The fourth-order valence-corrected chi connectivity index (χ4v) is 9.45. The molecule has 0 atom stereocenters. The number of hydrogen-bond acceptors (Lipinski definition) is 3. The first-order valence-corrected chi connectivity index (χ1v) is 21.2. The Kier molecular flexibility index (Phi) is 7.11. The predicted molar refractivity (Wildman–Crippen MR) is 261 cm³/mol. The van der Waals surface area contributed by atoms with Crippen LogP contribution < -0.4 is 24.9 Å². The molecule has 0 fully saturated rings. The summed E-state index contributed by atoms with van der Waals surface area (Å²) in [6, 6.07) is 38.1. The Morgan fingerprint density at radius 2 is 1.39 bits per heavy atom. The van der Waals surface area contributed by atoms with Crippen LogP contribution in [-0.4, -0.2) is 21.0 Å². The normalized spacial score (nSPS) is 14.6. The smallest absolute Gasteiger partial charge is 0.410 e. The molecule has 5 heterocycles. The molecule has 0 bridgehead atoms. The Labute approximate surface area is 411 Å². The molecule has 0 amide bonds. The predicted octanol–water partition coefficient (Wildman–Crippen LogP) is 11.7. The largest absolute Gasteiger partial charge is 0.617 e. The number of fused-ring (bicyclic) bond motifs is 8. The minimum Gasteiger partial charge on any atom is -0.617 e. The van der Waals surface area contributed by atoms with Crippen LogP contribution in [0.3, 0.4) is 0 Å². The van der Waals surface area contributed by atoms with E-state index in [2.05, 4.69) is 62.0 Å². The van der Waals surface area contributed by atoms with Crippen molar-refractivity contribution < 1.29 is 48.7 Å². The number of rotatable bonds is 6. The van der Waals surface area contributed by atoms with E-state index >= 15 is 0 Å². The van der Waals surface area contributed by atoms with Crippen molar-refractivity contribution in [3.63, 3.8) is 0 Å². The van der Waals surface area contributed by atoms with Crippen LogP contribution in [0.2, 0.25) is 0 Å². The van der Waals surface area contributed by atoms with E-state index in [-0.39, 0.29) is 54.4 Å². The Balaban J connectivity index is 0.00000582. The first kappa shape index (κ1) is 30.6. The van der Waals surface area contributed by atoms with Gasteiger partial charge in [0.2, 0.25) is 0 Å². The van der Waals surface area contributed by atoms with Crippen LogP contribution in [0.25, 0.3) is 83.4 Å². The zero-order valence-corrected chi connectivity index (χ0v) is 37.8. The molecule has 2 aliphatic rings. The number of ether oxygens (including phenoxy) is 1. The molecule has 0 saturated carbocycles. The standard InChI is InChI=1S/C58H39BN4O2.Pt/c1-58(2,3)39-31-32-60-54(33-39)63-49-24-13-11-20-45(49)46-27-25-40(34-51(46)63)64-41-26-30-53-52(35-41)62-36-61(50-29-28-47-44-19-10-12-23-48(44)59(65-53)55(47)57(50)62)56-42(37-15-6-4-7-16-37)21-14-22-43(56)38-17-8-5-9-18-38;/h4-33H,1-3H3;/q-2;/i4D,5D,6D,7D,8D,9D,15D,16D,17D,18D;. The van der Waals surface area contributed by atoms with E-state index in [0.717, 1.165) is 55.2 Å². The molecule has 13 rings (SSSR count). The fourth-order valence-electron chi connectivity index (χ4n) is 9.45. The van der Waals surface area contributed by atoms with Gasteiger partial charge in [0.1, 0.15) is 5.82 Å². The van der Waals surface area contributed by atoms with Crippen LogP contribution in [0.15, 0.2) is 182 Å². The van der Waals surface area contributed by atoms with E-state index in [9.17, 15) is 5.48 Å². The molecule has 8 aromatic carbocycles. The molecule has 0 aliphatic carbocycles. The van der Waals surface area contributed by atoms with Gasteiger partial charge in [-0.3, -0.25) is 4.57 Å². The van der Waals surface area contributed by atoms with Crippen LogP contribution >= 0.6 is 0 Å². The summed E-state index contributed by atoms with van der Waals surface area (Å²) in [5, 5.41) is 2.00. The number of benzene rings is 8. The monoisotopic (exact) mass is 1040 g/mol. The van der Waals surface area contributed by atoms with Crippen molar-refractivity contribution in [2.45, 2.75) is 26.2 Å². The minimum absolute atomic E-state index is 0. The molecule has 6 nitrogen and oxygen atoms in total. The van der Waals surface area contributed by atoms with Gasteiger partial charge in [-0.25, -0.2) is 4.98 Å². The molecule has 2 aliphatic heterocycles. The maximum absolute atomic E-state index is 9.18. The van der Waals surface area contributed by atoms with Crippen LogP contribution in [0, 0.1) is 18.5 Å². The van der Waals surface area contributed by atoms with Crippen molar-refractivity contribution in [3.8, 4) is 67.8 Å². The summed E-state index contributed by atoms with van der Waals surface area (Å²) >= 11 is 0. The number of hydrogen-bond donors (Lipinski definition) is 0. The number of nitrogens with zero attached hydrogens (tertiary/aromatic N) is 4. The van der Waals surface area contributed by atoms with Gasteiger partial charge in [-0.05, 0) is 90.3 Å². The van der Waals surface area contributed by atoms with Gasteiger partial charge in [0.05, 0.1) is 30.4 Å². The van der Waals surface area contributed by atoms with Gasteiger partial charge in [-0.2, -0.15) is 6.07 Å². The van der Waals surface area contributed by atoms with E-state index in [1.165, 1.54) is 0 Å². The second-order valence-corrected chi connectivity index (χ2v) is 17.2. The van der Waals surface area contributed by atoms with Crippen LogP contribution in [-0.2, 0) is 26.5 Å². The van der Waals surface area contributed by atoms with Crippen molar-refractivity contribution >= 4 is 50.7 Å². The topological polar surface area (TPSA) is 45.1 Å². The molecule has 0 unspecified atom stereocenters. The maximum Gasteiger partial charge on any atom is 0.410 e. The van der Waals surface area contributed by atoms with Crippen LogP contribution in [0.4, 0.5) is 0 Å². The molecule has 11 aromatic rings. The molecule has 8 heteroatoms. The van der Waals surface area contributed by atoms with E-state index < -0.39 is 67.3 Å². The van der Waals surface area contributed by atoms with E-state index in [1.807, 2.05) is 79.0 Å². The summed E-state index contributed by atoms with van der Waals surface area (Å²) in [5.74, 6) is 1.90. The number of para-hydroxylation sites is 2. The Morgan fingerprint density at radius 3 is 2.17 bits per heavy atom. The molecule has 66 heavy (non-hydrogen) atoms. The van der Waals surface area contributed by atoms with Crippen LogP contribution in [0.1, 0.15) is 40.0 Å². The Hall–Kier alpha value is -7.47. The number of aromatic nitrogens is 4. The molecule has 318 valence electrons. The molecule has 0 spiro atoms. The molecule has 0 N–H and O–H groups in total. The van der Waals surface area contributed by atoms with Crippen LogP contribution in [0.5, 0.6) is 17.2 Å². The second-order valence-electron chi connectivity index (χ2n) is 17.2. The van der Waals surface area contributed by atoms with Crippen molar-refractivity contribution in [1.82, 2.24) is 14.1 Å². The zero-order chi connectivity index (χ0) is 52.1. The van der Waals surface area contributed by atoms with Gasteiger partial charge in [-0.15, -0.1) is 35.7 Å². The van der Waals surface area contributed by atoms with Gasteiger partial charge in [0.15, 0.2) is 0 Å². The summed E-state index contributed by atoms with van der Waals surface area (Å²) < 4.78 is 108. The zero-order valence-electron chi connectivity index (χ0n) is 45.5. The van der Waals surface area contributed by atoms with Gasteiger partial charge in [0, 0.05) is 44.3 Å². The first-order chi connectivity index (χ1) is 36.0. The Bertz CT molecular complexity index is 4200. The third-order valence-corrected chi connectivity index (χ3v) is 12.4. The van der Waals surface area contributed by atoms with Gasteiger partial charge in [0.25, 0.3) is 6.33 Å². The summed E-state index contributed by atoms with van der Waals surface area (Å²) in [6.07, 6.45) is 5.37. The summed E-state index contributed by atoms with van der Waals surface area (Å²) in [7, 11) is 0. The van der Waals surface area contributed by atoms with Gasteiger partial charge < -0.3 is 18.5 Å². The third kappa shape index (κ3) is 6.21. The average Bonchev–Trinajstić information content (AvgIpc) is 4.21. The van der Waals surface area contributed by atoms with Crippen molar-refractivity contribution in [2.24, 2.45) is 0 Å². The summed E-state index contributed by atoms with van der Waals surface area (Å²) in [5.41, 5.74) is 8.01. The van der Waals surface area contributed by atoms with E-state index in [0.29, 0.717) is 34.0 Å². The van der Waals surface area contributed by atoms with Gasteiger partial charge >= 0.3 is 6.92 Å². The molecule has 0 saturated heterocycles. The number of imidazole rings is 1. The second kappa shape index (κ2) is 15.3. The SMILES string of the molecule is [2H]c1c([2H])c([2H])c(-c2cccc(-c3c([2H])c([2H])c([2H])c([2H])c3[2H])c2-[n+]2[c-]n3c4c5c(ccc42)-c2ccccc2B5Oc2ccc(Oc4[c-]c5c(cc4)c4ccccc4n5-c4cc(C(C)(C)C)ccn4)[c-]c2-3)c([2H])c1[2H].[Pt]. The van der Waals surface area contributed by atoms with Gasteiger partial charge in [-0.1, -0.05) is 160 Å². The average molecular weight is 1040 g/mol. The summed E-state index contributed by atoms with van der Waals surface area (Å²) in [6.45, 7) is 5.89. The van der Waals surface area contributed by atoms with Crippen molar-refractivity contribution in [1.29, 1.82) is 0 Å². The Morgan fingerprint density at radius 1 is 0.697 bits per heavy atom. The minimum atomic E-state index is -0.614.